The molecule has 29 heavy (non-hydrogen) atoms. The number of hydrogen-bond donors (Lipinski definition) is 2. The predicted molar refractivity (Wildman–Crippen MR) is 103 cm³/mol. The minimum Gasteiger partial charge on any atom is -0.491 e. The van der Waals surface area contributed by atoms with Crippen LogP contribution in [0, 0.1) is 0 Å². The Balaban J connectivity index is 1.72. The van der Waals surface area contributed by atoms with Gasteiger partial charge in [-0.05, 0) is 42.7 Å². The topological polar surface area (TPSA) is 59.6 Å². The molecule has 0 saturated heterocycles. The van der Waals surface area contributed by atoms with Crippen molar-refractivity contribution in [3.8, 4) is 5.75 Å². The van der Waals surface area contributed by atoms with E-state index in [9.17, 15) is 18.0 Å². The lowest BCUT2D eigenvalue weighted by molar-refractivity contribution is -0.176. The average Bonchev–Trinajstić information content (AvgIpc) is 2.64. The molecule has 158 valence electrons. The van der Waals surface area contributed by atoms with E-state index in [2.05, 4.69) is 15.4 Å². The van der Waals surface area contributed by atoms with Crippen molar-refractivity contribution in [2.24, 2.45) is 0 Å². The fourth-order valence-corrected chi connectivity index (χ4v) is 2.47. The third-order valence-corrected chi connectivity index (χ3v) is 3.73. The maximum Gasteiger partial charge on any atom is 0.411 e. The lowest BCUT2D eigenvalue weighted by atomic mass is 10.1. The van der Waals surface area contributed by atoms with Crippen LogP contribution in [0.1, 0.15) is 30.5 Å². The molecule has 2 N–H and O–H groups in total. The molecular weight excluding hydrogens is 385 g/mol. The van der Waals surface area contributed by atoms with Crippen molar-refractivity contribution in [1.82, 2.24) is 10.6 Å². The second kappa shape index (κ2) is 10.7. The van der Waals surface area contributed by atoms with Gasteiger partial charge in [0.1, 0.15) is 12.4 Å². The van der Waals surface area contributed by atoms with Crippen LogP contribution in [0.4, 0.5) is 18.0 Å². The Morgan fingerprint density at radius 3 is 2.21 bits per heavy atom. The summed E-state index contributed by atoms with van der Waals surface area (Å²) in [6.07, 6.45) is -4.26. The number of alkyl halides is 3. The smallest absolute Gasteiger partial charge is 0.411 e. The van der Waals surface area contributed by atoms with Crippen molar-refractivity contribution in [2.45, 2.75) is 45.8 Å². The van der Waals surface area contributed by atoms with Gasteiger partial charge < -0.3 is 20.1 Å². The summed E-state index contributed by atoms with van der Waals surface area (Å²) in [6.45, 7) is 3.15. The summed E-state index contributed by atoms with van der Waals surface area (Å²) in [5.74, 6) is 0.749. The van der Waals surface area contributed by atoms with Crippen molar-refractivity contribution in [3.63, 3.8) is 0 Å². The van der Waals surface area contributed by atoms with E-state index in [4.69, 9.17) is 4.74 Å². The molecule has 2 amide bonds. The number of benzene rings is 2. The largest absolute Gasteiger partial charge is 0.491 e. The molecule has 0 radical (unpaired) electrons. The van der Waals surface area contributed by atoms with Gasteiger partial charge in [-0.1, -0.05) is 36.4 Å². The Hall–Kier alpha value is -2.74. The van der Waals surface area contributed by atoms with E-state index in [-0.39, 0.29) is 18.7 Å². The number of nitrogens with one attached hydrogen (secondary N) is 2. The summed E-state index contributed by atoms with van der Waals surface area (Å²) in [6, 6.07) is 14.0. The summed E-state index contributed by atoms with van der Waals surface area (Å²) in [7, 11) is 0. The highest BCUT2D eigenvalue weighted by molar-refractivity contribution is 5.73. The first-order valence-electron chi connectivity index (χ1n) is 9.21. The van der Waals surface area contributed by atoms with Crippen LogP contribution in [0.3, 0.4) is 0 Å². The zero-order valence-corrected chi connectivity index (χ0v) is 16.4. The van der Waals surface area contributed by atoms with Gasteiger partial charge in [0.25, 0.3) is 0 Å². The molecule has 0 aliphatic heterocycles. The summed E-state index contributed by atoms with van der Waals surface area (Å²) in [5.41, 5.74) is 2.37. The standard InChI is InChI=1S/C21H25F3N2O3/c1-15(2)29-19-5-3-4-18(10-19)12-26-20(27)25-11-16-6-8-17(9-7-16)13-28-14-21(22,23)24/h3-10,15H,11-14H2,1-2H3,(H2,25,26,27). The second-order valence-electron chi connectivity index (χ2n) is 6.77. The first-order chi connectivity index (χ1) is 13.7. The summed E-state index contributed by atoms with van der Waals surface area (Å²) < 4.78 is 46.4. The SMILES string of the molecule is CC(C)Oc1cccc(CNC(=O)NCc2ccc(COCC(F)(F)F)cc2)c1. The number of halogens is 3. The quantitative estimate of drug-likeness (QED) is 0.638. The number of ether oxygens (including phenoxy) is 2. The highest BCUT2D eigenvalue weighted by Crippen LogP contribution is 2.16. The van der Waals surface area contributed by atoms with Crippen LogP contribution in [-0.2, 0) is 24.4 Å². The fraction of sp³-hybridized carbons (Fsp3) is 0.381. The third kappa shape index (κ3) is 9.34. The Morgan fingerprint density at radius 1 is 0.966 bits per heavy atom. The number of carbonyl (C=O) groups is 1. The number of hydrogen-bond acceptors (Lipinski definition) is 3. The number of urea groups is 1. The first kappa shape index (κ1) is 22.5. The van der Waals surface area contributed by atoms with Gasteiger partial charge in [-0.15, -0.1) is 0 Å². The monoisotopic (exact) mass is 410 g/mol. The van der Waals surface area contributed by atoms with E-state index < -0.39 is 12.8 Å². The van der Waals surface area contributed by atoms with E-state index in [1.165, 1.54) is 0 Å². The molecule has 0 spiro atoms. The highest BCUT2D eigenvalue weighted by atomic mass is 19.4. The van der Waals surface area contributed by atoms with E-state index in [1.54, 1.807) is 24.3 Å². The van der Waals surface area contributed by atoms with E-state index in [1.807, 2.05) is 38.1 Å². The summed E-state index contributed by atoms with van der Waals surface area (Å²) in [4.78, 5) is 12.0. The number of amides is 2. The highest BCUT2D eigenvalue weighted by Gasteiger charge is 2.27. The Bertz CT molecular complexity index is 777. The van der Waals surface area contributed by atoms with Gasteiger partial charge in [0.05, 0.1) is 12.7 Å². The molecule has 2 aromatic carbocycles. The van der Waals surface area contributed by atoms with Crippen molar-refractivity contribution in [1.29, 1.82) is 0 Å². The molecule has 8 heteroatoms. The van der Waals surface area contributed by atoms with Crippen LogP contribution < -0.4 is 15.4 Å². The van der Waals surface area contributed by atoms with Gasteiger partial charge in [-0.25, -0.2) is 4.79 Å². The zero-order valence-electron chi connectivity index (χ0n) is 16.4. The molecule has 5 nitrogen and oxygen atoms in total. The van der Waals surface area contributed by atoms with Gasteiger partial charge in [0.2, 0.25) is 0 Å². The van der Waals surface area contributed by atoms with Gasteiger partial charge in [0, 0.05) is 13.1 Å². The lowest BCUT2D eigenvalue weighted by Crippen LogP contribution is -2.34. The zero-order chi connectivity index (χ0) is 21.3. The predicted octanol–water partition coefficient (Wildman–Crippen LogP) is 4.55. The van der Waals surface area contributed by atoms with Crippen molar-refractivity contribution >= 4 is 6.03 Å². The molecule has 0 fully saturated rings. The van der Waals surface area contributed by atoms with Crippen molar-refractivity contribution in [2.75, 3.05) is 6.61 Å². The molecule has 0 atom stereocenters. The van der Waals surface area contributed by atoms with Crippen LogP contribution >= 0.6 is 0 Å². The first-order valence-corrected chi connectivity index (χ1v) is 9.21. The molecule has 0 bridgehead atoms. The maximum absolute atomic E-state index is 12.1. The van der Waals surface area contributed by atoms with Crippen LogP contribution in [0.5, 0.6) is 5.75 Å². The van der Waals surface area contributed by atoms with Gasteiger partial charge in [-0.3, -0.25) is 0 Å². The van der Waals surface area contributed by atoms with Crippen molar-refractivity contribution < 1.29 is 27.4 Å². The summed E-state index contributed by atoms with van der Waals surface area (Å²) >= 11 is 0. The summed E-state index contributed by atoms with van der Waals surface area (Å²) in [5, 5.41) is 5.51. The molecule has 2 aromatic rings. The lowest BCUT2D eigenvalue weighted by Gasteiger charge is -2.12. The Labute approximate surface area is 168 Å². The maximum atomic E-state index is 12.1. The van der Waals surface area contributed by atoms with E-state index in [0.717, 1.165) is 16.9 Å². The number of rotatable bonds is 9. The van der Waals surface area contributed by atoms with Crippen molar-refractivity contribution in [3.05, 3.63) is 65.2 Å². The van der Waals surface area contributed by atoms with Crippen LogP contribution in [0.2, 0.25) is 0 Å². The van der Waals surface area contributed by atoms with E-state index in [0.29, 0.717) is 18.7 Å². The molecule has 0 aliphatic carbocycles. The minimum absolute atomic E-state index is 0.0732. The van der Waals surface area contributed by atoms with Crippen LogP contribution in [-0.4, -0.2) is 24.9 Å². The molecular formula is C21H25F3N2O3. The van der Waals surface area contributed by atoms with Crippen LogP contribution in [0.25, 0.3) is 0 Å². The molecule has 0 aliphatic rings. The Kier molecular flexibility index (Phi) is 8.33. The van der Waals surface area contributed by atoms with Crippen LogP contribution in [0.15, 0.2) is 48.5 Å². The van der Waals surface area contributed by atoms with Gasteiger partial charge in [0.15, 0.2) is 0 Å². The minimum atomic E-state index is -4.33. The normalized spacial score (nSPS) is 11.4. The average molecular weight is 410 g/mol. The third-order valence-electron chi connectivity index (χ3n) is 3.73. The Morgan fingerprint density at radius 2 is 1.59 bits per heavy atom. The fourth-order valence-electron chi connectivity index (χ4n) is 2.47. The van der Waals surface area contributed by atoms with Gasteiger partial charge in [-0.2, -0.15) is 13.2 Å². The molecule has 0 saturated carbocycles. The molecule has 2 rings (SSSR count). The molecule has 0 aromatic heterocycles. The van der Waals surface area contributed by atoms with E-state index >= 15 is 0 Å². The van der Waals surface area contributed by atoms with Gasteiger partial charge >= 0.3 is 12.2 Å². The number of carbonyl (C=O) groups excluding carboxylic acids is 1. The second-order valence-corrected chi connectivity index (χ2v) is 6.77. The molecule has 0 unspecified atom stereocenters. The molecule has 0 heterocycles.